The number of hydrogen-bond acceptors (Lipinski definition) is 4. The molecule has 5 nitrogen and oxygen atoms in total. The molecule has 28 heavy (non-hydrogen) atoms. The third-order valence-corrected chi connectivity index (χ3v) is 6.25. The second-order valence-corrected chi connectivity index (χ2v) is 8.49. The molecule has 0 aliphatic carbocycles. The van der Waals surface area contributed by atoms with Crippen LogP contribution in [0.2, 0.25) is 5.02 Å². The quantitative estimate of drug-likeness (QED) is 0.695. The van der Waals surface area contributed by atoms with Crippen molar-refractivity contribution < 1.29 is 14.4 Å². The fourth-order valence-corrected chi connectivity index (χ4v) is 4.65. The Kier molecular flexibility index (Phi) is 5.92. The van der Waals surface area contributed by atoms with Gasteiger partial charge in [0, 0.05) is 10.6 Å². The third-order valence-electron chi connectivity index (χ3n) is 4.97. The maximum atomic E-state index is 13.3. The van der Waals surface area contributed by atoms with E-state index in [4.69, 9.17) is 21.3 Å². The first-order valence-corrected chi connectivity index (χ1v) is 10.7. The number of ether oxygens (including phenoxy) is 1. The molecule has 0 radical (unpaired) electrons. The molecule has 146 valence electrons. The third kappa shape index (κ3) is 4.36. The molecule has 3 aromatic rings. The van der Waals surface area contributed by atoms with E-state index in [0.29, 0.717) is 17.1 Å². The number of nitrogens with zero attached hydrogens (tertiary/aromatic N) is 2. The minimum absolute atomic E-state index is 0.0639. The summed E-state index contributed by atoms with van der Waals surface area (Å²) in [4.78, 5) is 21.3. The summed E-state index contributed by atoms with van der Waals surface area (Å²) in [5, 5.41) is 1.29. The Morgan fingerprint density at radius 1 is 1.25 bits per heavy atom. The second-order valence-electron chi connectivity index (χ2n) is 7.05. The Morgan fingerprint density at radius 3 is 2.86 bits per heavy atom. The van der Waals surface area contributed by atoms with E-state index < -0.39 is 0 Å². The van der Waals surface area contributed by atoms with Crippen molar-refractivity contribution in [2.24, 2.45) is 0 Å². The number of morpholine rings is 1. The van der Waals surface area contributed by atoms with Crippen molar-refractivity contribution in [2.45, 2.75) is 6.92 Å². The predicted octanol–water partition coefficient (Wildman–Crippen LogP) is 2.82. The number of fused-ring (bicyclic) bond motifs is 1. The monoisotopic (exact) mass is 416 g/mol. The van der Waals surface area contributed by atoms with Crippen LogP contribution in [0.25, 0.3) is 10.2 Å². The van der Waals surface area contributed by atoms with Gasteiger partial charge in [-0.2, -0.15) is 0 Å². The van der Waals surface area contributed by atoms with Gasteiger partial charge in [-0.3, -0.25) is 9.69 Å². The summed E-state index contributed by atoms with van der Waals surface area (Å²) in [6, 6.07) is 13.3. The Labute approximate surface area is 173 Å². The van der Waals surface area contributed by atoms with Crippen LogP contribution >= 0.6 is 22.9 Å². The fraction of sp³-hybridized carbons (Fsp3) is 0.333. The van der Waals surface area contributed by atoms with Gasteiger partial charge in [0.05, 0.1) is 36.5 Å². The van der Waals surface area contributed by atoms with Crippen LogP contribution in [0, 0.1) is 6.92 Å². The van der Waals surface area contributed by atoms with E-state index in [1.807, 2.05) is 18.2 Å². The first-order chi connectivity index (χ1) is 13.6. The maximum absolute atomic E-state index is 13.3. The lowest BCUT2D eigenvalue weighted by Crippen LogP contribution is -3.14. The molecule has 1 aliphatic rings. The van der Waals surface area contributed by atoms with E-state index in [-0.39, 0.29) is 5.91 Å². The number of anilines is 1. The lowest BCUT2D eigenvalue weighted by molar-refractivity contribution is -0.906. The van der Waals surface area contributed by atoms with Gasteiger partial charge in [0.25, 0.3) is 5.91 Å². The van der Waals surface area contributed by atoms with Crippen LogP contribution in [0.3, 0.4) is 0 Å². The van der Waals surface area contributed by atoms with Crippen molar-refractivity contribution in [1.82, 2.24) is 4.98 Å². The molecule has 0 atom stereocenters. The van der Waals surface area contributed by atoms with Crippen molar-refractivity contribution in [3.05, 3.63) is 58.6 Å². The Bertz CT molecular complexity index is 985. The SMILES string of the molecule is Cc1ccc2nc(N(CC[NH+]3CCOCC3)C(=O)c3cccc(Cl)c3)sc2c1. The Balaban J connectivity index is 1.63. The first-order valence-electron chi connectivity index (χ1n) is 9.46. The van der Waals surface area contributed by atoms with E-state index in [2.05, 4.69) is 13.0 Å². The van der Waals surface area contributed by atoms with Gasteiger partial charge in [0.1, 0.15) is 13.1 Å². The van der Waals surface area contributed by atoms with Gasteiger partial charge in [-0.25, -0.2) is 4.98 Å². The van der Waals surface area contributed by atoms with Gasteiger partial charge in [0.15, 0.2) is 5.13 Å². The highest BCUT2D eigenvalue weighted by molar-refractivity contribution is 7.22. The number of hydrogen-bond donors (Lipinski definition) is 1. The molecule has 1 amide bonds. The van der Waals surface area contributed by atoms with Crippen LogP contribution in [0.1, 0.15) is 15.9 Å². The van der Waals surface area contributed by atoms with Gasteiger partial charge >= 0.3 is 0 Å². The molecule has 1 saturated heterocycles. The highest BCUT2D eigenvalue weighted by Crippen LogP contribution is 2.30. The molecule has 0 spiro atoms. The topological polar surface area (TPSA) is 46.9 Å². The normalized spacial score (nSPS) is 15.1. The molecule has 1 aliphatic heterocycles. The summed E-state index contributed by atoms with van der Waals surface area (Å²) >= 11 is 7.68. The molecule has 0 saturated carbocycles. The van der Waals surface area contributed by atoms with E-state index >= 15 is 0 Å². The van der Waals surface area contributed by atoms with Crippen LogP contribution in [0.5, 0.6) is 0 Å². The van der Waals surface area contributed by atoms with E-state index in [0.717, 1.165) is 48.2 Å². The molecule has 2 aromatic carbocycles. The van der Waals surface area contributed by atoms with Gasteiger partial charge in [0.2, 0.25) is 0 Å². The number of rotatable bonds is 5. The zero-order valence-electron chi connectivity index (χ0n) is 15.8. The number of benzene rings is 2. The average Bonchev–Trinajstić information content (AvgIpc) is 3.11. The zero-order chi connectivity index (χ0) is 19.5. The number of nitrogens with one attached hydrogen (secondary N) is 1. The molecule has 0 bridgehead atoms. The molecule has 4 rings (SSSR count). The summed E-state index contributed by atoms with van der Waals surface area (Å²) in [5.41, 5.74) is 2.70. The minimum Gasteiger partial charge on any atom is -0.370 e. The standard InChI is InChI=1S/C21H22ClN3O2S/c1-15-5-6-18-19(13-15)28-21(23-18)25(8-7-24-9-11-27-12-10-24)20(26)16-3-2-4-17(22)14-16/h2-6,13-14H,7-12H2,1H3/p+1. The van der Waals surface area contributed by atoms with Crippen LogP contribution in [-0.4, -0.2) is 50.3 Å². The zero-order valence-corrected chi connectivity index (χ0v) is 17.4. The van der Waals surface area contributed by atoms with Gasteiger partial charge in [-0.05, 0) is 42.8 Å². The van der Waals surface area contributed by atoms with Crippen molar-refractivity contribution in [2.75, 3.05) is 44.3 Å². The molecule has 1 aromatic heterocycles. The smallest absolute Gasteiger partial charge is 0.260 e. The first kappa shape index (κ1) is 19.3. The average molecular weight is 417 g/mol. The number of amides is 1. The van der Waals surface area contributed by atoms with Crippen molar-refractivity contribution in [3.63, 3.8) is 0 Å². The summed E-state index contributed by atoms with van der Waals surface area (Å²) in [6.07, 6.45) is 0. The van der Waals surface area contributed by atoms with Crippen LogP contribution in [0.15, 0.2) is 42.5 Å². The highest BCUT2D eigenvalue weighted by atomic mass is 35.5. The van der Waals surface area contributed by atoms with Gasteiger partial charge in [-0.15, -0.1) is 0 Å². The lowest BCUT2D eigenvalue weighted by atomic mass is 10.2. The second kappa shape index (κ2) is 8.57. The van der Waals surface area contributed by atoms with Gasteiger partial charge < -0.3 is 9.64 Å². The minimum atomic E-state index is -0.0639. The number of aryl methyl sites for hydroxylation is 1. The molecular weight excluding hydrogens is 394 g/mol. The summed E-state index contributed by atoms with van der Waals surface area (Å²) in [5.74, 6) is -0.0639. The summed E-state index contributed by atoms with van der Waals surface area (Å²) in [7, 11) is 0. The number of quaternary nitrogens is 1. The van der Waals surface area contributed by atoms with E-state index in [9.17, 15) is 4.79 Å². The van der Waals surface area contributed by atoms with E-state index in [1.54, 1.807) is 34.4 Å². The molecular formula is C21H23ClN3O2S+. The van der Waals surface area contributed by atoms with Crippen molar-refractivity contribution in [3.8, 4) is 0 Å². The maximum Gasteiger partial charge on any atom is 0.260 e. The number of aromatic nitrogens is 1. The molecule has 0 unspecified atom stereocenters. The molecule has 1 fully saturated rings. The number of thiazole rings is 1. The molecule has 1 N–H and O–H groups in total. The Hall–Kier alpha value is -1.99. The molecule has 7 heteroatoms. The number of carbonyl (C=O) groups excluding carboxylic acids is 1. The fourth-order valence-electron chi connectivity index (χ4n) is 3.38. The summed E-state index contributed by atoms with van der Waals surface area (Å²) in [6.45, 7) is 7.03. The molecule has 2 heterocycles. The Morgan fingerprint density at radius 2 is 2.07 bits per heavy atom. The number of halogens is 1. The van der Waals surface area contributed by atoms with Gasteiger partial charge in [-0.1, -0.05) is 35.1 Å². The van der Waals surface area contributed by atoms with Crippen LogP contribution in [-0.2, 0) is 4.74 Å². The lowest BCUT2D eigenvalue weighted by Gasteiger charge is -2.27. The highest BCUT2D eigenvalue weighted by Gasteiger charge is 2.24. The largest absolute Gasteiger partial charge is 0.370 e. The van der Waals surface area contributed by atoms with Crippen LogP contribution < -0.4 is 9.80 Å². The van der Waals surface area contributed by atoms with Crippen LogP contribution in [0.4, 0.5) is 5.13 Å². The van der Waals surface area contributed by atoms with Crippen molar-refractivity contribution >= 4 is 44.2 Å². The predicted molar refractivity (Wildman–Crippen MR) is 114 cm³/mol. The van der Waals surface area contributed by atoms with Crippen molar-refractivity contribution in [1.29, 1.82) is 0 Å². The number of carbonyl (C=O) groups is 1. The summed E-state index contributed by atoms with van der Waals surface area (Å²) < 4.78 is 6.54. The van der Waals surface area contributed by atoms with E-state index in [1.165, 1.54) is 10.5 Å².